The fourth-order valence-electron chi connectivity index (χ4n) is 1.85. The lowest BCUT2D eigenvalue weighted by atomic mass is 10.3. The van der Waals surface area contributed by atoms with Crippen LogP contribution in [0, 0.1) is 0 Å². The number of carbonyl (C=O) groups excluding carboxylic acids is 1. The molecule has 2 rings (SSSR count). The number of hydrogen-bond acceptors (Lipinski definition) is 5. The van der Waals surface area contributed by atoms with Crippen molar-refractivity contribution in [1.82, 2.24) is 4.90 Å². The average molecular weight is 293 g/mol. The van der Waals surface area contributed by atoms with Gasteiger partial charge in [-0.1, -0.05) is 12.1 Å². The van der Waals surface area contributed by atoms with Gasteiger partial charge in [-0.05, 0) is 18.2 Å². The molecule has 1 aromatic rings. The Labute approximate surface area is 123 Å². The first kappa shape index (κ1) is 14.9. The van der Waals surface area contributed by atoms with E-state index in [0.717, 1.165) is 36.9 Å². The Kier molecular flexibility index (Phi) is 5.95. The second-order valence-corrected chi connectivity index (χ2v) is 5.39. The fraction of sp³-hybridized carbons (Fsp3) is 0.400. The minimum Gasteiger partial charge on any atom is -0.496 e. The van der Waals surface area contributed by atoms with Gasteiger partial charge in [0.15, 0.2) is 5.78 Å². The maximum absolute atomic E-state index is 11.9. The lowest BCUT2D eigenvalue weighted by Crippen LogP contribution is -2.32. The molecule has 0 aromatic heterocycles. The molecule has 4 nitrogen and oxygen atoms in total. The fourth-order valence-corrected chi connectivity index (χ4v) is 2.71. The van der Waals surface area contributed by atoms with E-state index in [1.54, 1.807) is 13.2 Å². The predicted octanol–water partition coefficient (Wildman–Crippen LogP) is 2.20. The Hall–Kier alpha value is -1.46. The van der Waals surface area contributed by atoms with Crippen molar-refractivity contribution in [2.24, 2.45) is 0 Å². The van der Waals surface area contributed by atoms with Crippen molar-refractivity contribution in [3.8, 4) is 5.75 Å². The third-order valence-corrected chi connectivity index (χ3v) is 4.03. The quantitative estimate of drug-likeness (QED) is 0.594. The first-order chi connectivity index (χ1) is 9.79. The Morgan fingerprint density at radius 2 is 2.15 bits per heavy atom. The summed E-state index contributed by atoms with van der Waals surface area (Å²) in [5, 5.41) is 0. The van der Waals surface area contributed by atoms with Crippen LogP contribution in [0.5, 0.6) is 5.75 Å². The molecule has 1 aromatic carbocycles. The Morgan fingerprint density at radius 1 is 1.40 bits per heavy atom. The number of rotatable bonds is 6. The number of nitrogens with zero attached hydrogens (tertiary/aromatic N) is 1. The number of hydrogen-bond donors (Lipinski definition) is 0. The maximum atomic E-state index is 11.9. The van der Waals surface area contributed by atoms with E-state index in [4.69, 9.17) is 9.47 Å². The summed E-state index contributed by atoms with van der Waals surface area (Å²) in [7, 11) is 1.64. The summed E-state index contributed by atoms with van der Waals surface area (Å²) < 4.78 is 10.5. The number of morpholine rings is 1. The molecule has 108 valence electrons. The van der Waals surface area contributed by atoms with Gasteiger partial charge in [0.2, 0.25) is 0 Å². The van der Waals surface area contributed by atoms with Gasteiger partial charge in [-0.15, -0.1) is 11.8 Å². The van der Waals surface area contributed by atoms with Crippen molar-refractivity contribution >= 4 is 17.5 Å². The van der Waals surface area contributed by atoms with Gasteiger partial charge in [0.05, 0.1) is 26.1 Å². The molecule has 0 bridgehead atoms. The van der Waals surface area contributed by atoms with Crippen LogP contribution in [0.3, 0.4) is 0 Å². The average Bonchev–Trinajstić information content (AvgIpc) is 2.52. The monoisotopic (exact) mass is 293 g/mol. The van der Waals surface area contributed by atoms with Gasteiger partial charge in [-0.25, -0.2) is 0 Å². The number of benzene rings is 1. The molecule has 1 saturated heterocycles. The van der Waals surface area contributed by atoms with Gasteiger partial charge in [-0.2, -0.15) is 0 Å². The van der Waals surface area contributed by atoms with E-state index in [9.17, 15) is 4.79 Å². The van der Waals surface area contributed by atoms with Crippen LogP contribution < -0.4 is 4.74 Å². The number of thioether (sulfide) groups is 1. The number of carbonyl (C=O) groups is 1. The highest BCUT2D eigenvalue weighted by molar-refractivity contribution is 8.00. The van der Waals surface area contributed by atoms with E-state index in [1.165, 1.54) is 11.8 Å². The smallest absolute Gasteiger partial charge is 0.167 e. The molecular weight excluding hydrogens is 274 g/mol. The highest BCUT2D eigenvalue weighted by Gasteiger charge is 2.07. The molecule has 1 aliphatic rings. The minimum absolute atomic E-state index is 0.104. The van der Waals surface area contributed by atoms with Crippen LogP contribution in [0.2, 0.25) is 0 Å². The molecule has 0 aliphatic carbocycles. The van der Waals surface area contributed by atoms with Gasteiger partial charge >= 0.3 is 0 Å². The lowest BCUT2D eigenvalue weighted by Gasteiger charge is -2.24. The first-order valence-electron chi connectivity index (χ1n) is 6.58. The number of ketones is 1. The molecular formula is C15H19NO3S. The van der Waals surface area contributed by atoms with Gasteiger partial charge in [0, 0.05) is 24.2 Å². The SMILES string of the molecule is COc1ccccc1SCC(=O)C=CN1CCOCC1. The molecule has 1 fully saturated rings. The standard InChI is InChI=1S/C15H19NO3S/c1-18-14-4-2-3-5-15(14)20-12-13(17)6-7-16-8-10-19-11-9-16/h2-7H,8-12H2,1H3. The number of allylic oxidation sites excluding steroid dienone is 1. The topological polar surface area (TPSA) is 38.8 Å². The van der Waals surface area contributed by atoms with Crippen molar-refractivity contribution in [2.75, 3.05) is 39.2 Å². The third-order valence-electron chi connectivity index (χ3n) is 2.96. The van der Waals surface area contributed by atoms with Crippen LogP contribution in [-0.2, 0) is 9.53 Å². The van der Waals surface area contributed by atoms with Crippen molar-refractivity contribution in [2.45, 2.75) is 4.90 Å². The molecule has 5 heteroatoms. The Balaban J connectivity index is 1.81. The Morgan fingerprint density at radius 3 is 2.90 bits per heavy atom. The second kappa shape index (κ2) is 7.97. The van der Waals surface area contributed by atoms with E-state index < -0.39 is 0 Å². The predicted molar refractivity (Wildman–Crippen MR) is 80.3 cm³/mol. The van der Waals surface area contributed by atoms with Crippen molar-refractivity contribution in [1.29, 1.82) is 0 Å². The van der Waals surface area contributed by atoms with Gasteiger partial charge < -0.3 is 14.4 Å². The van der Waals surface area contributed by atoms with Crippen LogP contribution >= 0.6 is 11.8 Å². The summed E-state index contributed by atoms with van der Waals surface area (Å²) in [5.74, 6) is 1.33. The molecule has 0 spiro atoms. The van der Waals surface area contributed by atoms with E-state index in [1.807, 2.05) is 30.5 Å². The van der Waals surface area contributed by atoms with Crippen LogP contribution in [0.25, 0.3) is 0 Å². The molecule has 1 heterocycles. The molecule has 0 amide bonds. The van der Waals surface area contributed by atoms with Crippen LogP contribution in [0.1, 0.15) is 0 Å². The first-order valence-corrected chi connectivity index (χ1v) is 7.57. The summed E-state index contributed by atoms with van der Waals surface area (Å²) in [5.41, 5.74) is 0. The molecule has 0 saturated carbocycles. The normalized spacial score (nSPS) is 15.6. The van der Waals surface area contributed by atoms with Crippen LogP contribution in [0.4, 0.5) is 0 Å². The zero-order valence-electron chi connectivity index (χ0n) is 11.6. The largest absolute Gasteiger partial charge is 0.496 e. The molecule has 0 atom stereocenters. The van der Waals surface area contributed by atoms with E-state index >= 15 is 0 Å². The summed E-state index contributed by atoms with van der Waals surface area (Å²) in [6.07, 6.45) is 3.52. The van der Waals surface area contributed by atoms with Crippen molar-refractivity contribution in [3.63, 3.8) is 0 Å². The Bertz CT molecular complexity index is 470. The zero-order chi connectivity index (χ0) is 14.2. The van der Waals surface area contributed by atoms with E-state index in [2.05, 4.69) is 4.90 Å². The van der Waals surface area contributed by atoms with Crippen LogP contribution in [-0.4, -0.2) is 49.8 Å². The second-order valence-electron chi connectivity index (χ2n) is 4.37. The molecule has 1 aliphatic heterocycles. The van der Waals surface area contributed by atoms with Gasteiger partial charge in [0.25, 0.3) is 0 Å². The highest BCUT2D eigenvalue weighted by atomic mass is 32.2. The van der Waals surface area contributed by atoms with Crippen molar-refractivity contribution < 1.29 is 14.3 Å². The molecule has 0 radical (unpaired) electrons. The summed E-state index contributed by atoms with van der Waals surface area (Å²) >= 11 is 1.50. The number of methoxy groups -OCH3 is 1. The number of para-hydroxylation sites is 1. The highest BCUT2D eigenvalue weighted by Crippen LogP contribution is 2.28. The molecule has 20 heavy (non-hydrogen) atoms. The summed E-state index contributed by atoms with van der Waals surface area (Å²) in [6, 6.07) is 7.72. The third kappa shape index (κ3) is 4.58. The van der Waals surface area contributed by atoms with Gasteiger partial charge in [-0.3, -0.25) is 4.79 Å². The molecule has 0 unspecified atom stereocenters. The minimum atomic E-state index is 0.104. The number of ether oxygens (including phenoxy) is 2. The van der Waals surface area contributed by atoms with E-state index in [-0.39, 0.29) is 5.78 Å². The lowest BCUT2D eigenvalue weighted by molar-refractivity contribution is -0.112. The summed E-state index contributed by atoms with van der Waals surface area (Å²) in [4.78, 5) is 14.9. The summed E-state index contributed by atoms with van der Waals surface area (Å²) in [6.45, 7) is 3.16. The van der Waals surface area contributed by atoms with E-state index in [0.29, 0.717) is 5.75 Å². The van der Waals surface area contributed by atoms with Gasteiger partial charge in [0.1, 0.15) is 5.75 Å². The molecule has 0 N–H and O–H groups in total. The maximum Gasteiger partial charge on any atom is 0.167 e. The van der Waals surface area contributed by atoms with Crippen LogP contribution in [0.15, 0.2) is 41.4 Å². The zero-order valence-corrected chi connectivity index (χ0v) is 12.4. The van der Waals surface area contributed by atoms with Crippen molar-refractivity contribution in [3.05, 3.63) is 36.5 Å².